The SMILES string of the molecule is CC(=O)C(C(C)=O)(C(C)=O)C(=O)C(=O)O.[Ir]. The van der Waals surface area contributed by atoms with E-state index in [9.17, 15) is 24.0 Å². The first-order chi connectivity index (χ1) is 6.68. The van der Waals surface area contributed by atoms with Crippen LogP contribution in [0.15, 0.2) is 0 Å². The fourth-order valence-electron chi connectivity index (χ4n) is 1.38. The second-order valence-electron chi connectivity index (χ2n) is 3.05. The smallest absolute Gasteiger partial charge is 0.374 e. The molecule has 0 rings (SSSR count). The molecule has 0 bridgehead atoms. The van der Waals surface area contributed by atoms with Gasteiger partial charge in [-0.05, 0) is 20.8 Å². The van der Waals surface area contributed by atoms with E-state index in [-0.39, 0.29) is 20.1 Å². The van der Waals surface area contributed by atoms with E-state index in [1.54, 1.807) is 0 Å². The first kappa shape index (κ1) is 17.2. The number of carbonyl (C=O) groups is 5. The molecule has 1 radical (unpaired) electrons. The Morgan fingerprint density at radius 1 is 0.812 bits per heavy atom. The maximum absolute atomic E-state index is 11.2. The number of carboxylic acid groups (broad SMARTS) is 1. The molecule has 0 saturated heterocycles. The van der Waals surface area contributed by atoms with Crippen molar-refractivity contribution in [2.75, 3.05) is 0 Å². The van der Waals surface area contributed by atoms with Crippen LogP contribution < -0.4 is 0 Å². The number of hydrogen-bond donors (Lipinski definition) is 1. The molecular formula is C9H10IrO6. The molecule has 0 amide bonds. The van der Waals surface area contributed by atoms with Gasteiger partial charge < -0.3 is 5.11 Å². The fourth-order valence-corrected chi connectivity index (χ4v) is 1.38. The van der Waals surface area contributed by atoms with Gasteiger partial charge in [-0.15, -0.1) is 0 Å². The predicted molar refractivity (Wildman–Crippen MR) is 47.1 cm³/mol. The van der Waals surface area contributed by atoms with E-state index in [0.717, 1.165) is 20.8 Å². The van der Waals surface area contributed by atoms with Gasteiger partial charge in [-0.2, -0.15) is 0 Å². The summed E-state index contributed by atoms with van der Waals surface area (Å²) in [7, 11) is 0. The third kappa shape index (κ3) is 2.48. The fraction of sp³-hybridized carbons (Fsp3) is 0.444. The van der Waals surface area contributed by atoms with Crippen LogP contribution >= 0.6 is 0 Å². The number of hydrogen-bond acceptors (Lipinski definition) is 5. The molecule has 1 N–H and O–H groups in total. The molecule has 91 valence electrons. The summed E-state index contributed by atoms with van der Waals surface area (Å²) in [6, 6.07) is 0. The summed E-state index contributed by atoms with van der Waals surface area (Å²) < 4.78 is 0. The number of aliphatic carboxylic acids is 1. The van der Waals surface area contributed by atoms with Crippen molar-refractivity contribution in [2.24, 2.45) is 5.41 Å². The zero-order chi connectivity index (χ0) is 12.4. The molecule has 0 aliphatic carbocycles. The average molecular weight is 406 g/mol. The Kier molecular flexibility index (Phi) is 6.20. The first-order valence-corrected chi connectivity index (χ1v) is 3.99. The molecule has 0 saturated carbocycles. The van der Waals surface area contributed by atoms with Crippen LogP contribution in [0, 0.1) is 5.41 Å². The van der Waals surface area contributed by atoms with Gasteiger partial charge in [0.2, 0.25) is 5.41 Å². The van der Waals surface area contributed by atoms with E-state index in [1.807, 2.05) is 0 Å². The van der Waals surface area contributed by atoms with Gasteiger partial charge in [0.05, 0.1) is 0 Å². The van der Waals surface area contributed by atoms with Crippen molar-refractivity contribution in [3.63, 3.8) is 0 Å². The van der Waals surface area contributed by atoms with Gasteiger partial charge in [0.15, 0.2) is 17.3 Å². The minimum Gasteiger partial charge on any atom is -0.475 e. The van der Waals surface area contributed by atoms with Gasteiger partial charge in [0, 0.05) is 20.1 Å². The Bertz CT molecular complexity index is 334. The first-order valence-electron chi connectivity index (χ1n) is 3.99. The molecule has 16 heavy (non-hydrogen) atoms. The molecule has 0 spiro atoms. The Morgan fingerprint density at radius 3 is 1.12 bits per heavy atom. The monoisotopic (exact) mass is 407 g/mol. The molecule has 0 heterocycles. The van der Waals surface area contributed by atoms with Crippen LogP contribution in [0.1, 0.15) is 20.8 Å². The van der Waals surface area contributed by atoms with Crippen molar-refractivity contribution in [2.45, 2.75) is 20.8 Å². The van der Waals surface area contributed by atoms with Gasteiger partial charge in [0.1, 0.15) is 0 Å². The standard InChI is InChI=1S/C9H10O6.Ir/c1-4(10)9(5(2)11,6(3)12)7(13)8(14)15;/h1-3H3,(H,14,15);. The molecular weight excluding hydrogens is 396 g/mol. The zero-order valence-corrected chi connectivity index (χ0v) is 11.2. The minimum absolute atomic E-state index is 0. The maximum atomic E-state index is 11.2. The van der Waals surface area contributed by atoms with E-state index < -0.39 is 34.5 Å². The van der Waals surface area contributed by atoms with Gasteiger partial charge in [-0.1, -0.05) is 0 Å². The van der Waals surface area contributed by atoms with Crippen molar-refractivity contribution in [3.8, 4) is 0 Å². The van der Waals surface area contributed by atoms with Gasteiger partial charge in [-0.3, -0.25) is 19.2 Å². The predicted octanol–water partition coefficient (Wildman–Crippen LogP) is -0.609. The number of Topliss-reactive ketones (excluding diaryl/α,β-unsaturated/α-hetero) is 4. The molecule has 0 fully saturated rings. The van der Waals surface area contributed by atoms with Crippen LogP contribution in [0.4, 0.5) is 0 Å². The molecule has 7 heteroatoms. The number of ketones is 4. The summed E-state index contributed by atoms with van der Waals surface area (Å²) in [5, 5.41) is 8.46. The van der Waals surface area contributed by atoms with Crippen molar-refractivity contribution >= 4 is 29.1 Å². The summed E-state index contributed by atoms with van der Waals surface area (Å²) >= 11 is 0. The summed E-state index contributed by atoms with van der Waals surface area (Å²) in [6.45, 7) is 2.51. The van der Waals surface area contributed by atoms with E-state index in [0.29, 0.717) is 0 Å². The quantitative estimate of drug-likeness (QED) is 0.483. The van der Waals surface area contributed by atoms with Gasteiger partial charge in [-0.25, -0.2) is 4.79 Å². The van der Waals surface area contributed by atoms with Crippen molar-refractivity contribution in [1.82, 2.24) is 0 Å². The van der Waals surface area contributed by atoms with Gasteiger partial charge >= 0.3 is 5.97 Å². The van der Waals surface area contributed by atoms with Crippen LogP contribution in [0.2, 0.25) is 0 Å². The van der Waals surface area contributed by atoms with E-state index in [1.165, 1.54) is 0 Å². The molecule has 6 nitrogen and oxygen atoms in total. The number of rotatable bonds is 5. The Labute approximate surface area is 105 Å². The Hall–Kier alpha value is -1.20. The second kappa shape index (κ2) is 5.77. The Balaban J connectivity index is 0. The second-order valence-corrected chi connectivity index (χ2v) is 3.05. The number of carbonyl (C=O) groups excluding carboxylic acids is 4. The Morgan fingerprint density at radius 2 is 1.06 bits per heavy atom. The van der Waals surface area contributed by atoms with Crippen LogP contribution in [-0.4, -0.2) is 34.2 Å². The molecule has 0 aromatic heterocycles. The molecule has 0 aromatic rings. The van der Waals surface area contributed by atoms with Crippen molar-refractivity contribution < 1.29 is 49.2 Å². The minimum atomic E-state index is -2.67. The topological polar surface area (TPSA) is 106 Å². The van der Waals surface area contributed by atoms with Crippen LogP contribution in [0.3, 0.4) is 0 Å². The van der Waals surface area contributed by atoms with Crippen molar-refractivity contribution in [3.05, 3.63) is 0 Å². The average Bonchev–Trinajstić information content (AvgIpc) is 2.02. The zero-order valence-electron chi connectivity index (χ0n) is 8.82. The third-order valence-corrected chi connectivity index (χ3v) is 2.12. The van der Waals surface area contributed by atoms with Crippen LogP contribution in [0.5, 0.6) is 0 Å². The normalized spacial score (nSPS) is 9.94. The molecule has 0 unspecified atom stereocenters. The molecule has 0 atom stereocenters. The van der Waals surface area contributed by atoms with Crippen LogP contribution in [-0.2, 0) is 44.1 Å². The largest absolute Gasteiger partial charge is 0.475 e. The maximum Gasteiger partial charge on any atom is 0.374 e. The third-order valence-electron chi connectivity index (χ3n) is 2.12. The van der Waals surface area contributed by atoms with Crippen molar-refractivity contribution in [1.29, 1.82) is 0 Å². The van der Waals surface area contributed by atoms with Gasteiger partial charge in [0.25, 0.3) is 5.78 Å². The van der Waals surface area contributed by atoms with E-state index in [4.69, 9.17) is 5.11 Å². The summed E-state index contributed by atoms with van der Waals surface area (Å²) in [5.41, 5.74) is -2.67. The van der Waals surface area contributed by atoms with Crippen LogP contribution in [0.25, 0.3) is 0 Å². The van der Waals surface area contributed by atoms with E-state index in [2.05, 4.69) is 0 Å². The molecule has 0 aliphatic heterocycles. The molecule has 0 aliphatic rings. The van der Waals surface area contributed by atoms with E-state index >= 15 is 0 Å². The number of carboxylic acids is 1. The summed E-state index contributed by atoms with van der Waals surface area (Å²) in [5.74, 6) is -6.90. The molecule has 0 aromatic carbocycles. The summed E-state index contributed by atoms with van der Waals surface area (Å²) in [6.07, 6.45) is 0. The summed E-state index contributed by atoms with van der Waals surface area (Å²) in [4.78, 5) is 55.2.